The number of rotatable bonds is 17. The predicted molar refractivity (Wildman–Crippen MR) is 124 cm³/mol. The van der Waals surface area contributed by atoms with Gasteiger partial charge in [0.2, 0.25) is 23.6 Å². The number of carboxylic acid groups (broad SMARTS) is 1. The first kappa shape index (κ1) is 31.2. The van der Waals surface area contributed by atoms with E-state index in [1.165, 1.54) is 6.92 Å². The molecule has 6 unspecified atom stereocenters. The number of nitrogens with two attached hydrogens (primary N) is 3. The molecule has 0 aromatic rings. The minimum absolute atomic E-state index is 0.129. The summed E-state index contributed by atoms with van der Waals surface area (Å²) in [5.74, 6) is -4.50. The number of nitrogens with one attached hydrogen (secondary N) is 3. The Morgan fingerprint density at radius 2 is 1.41 bits per heavy atom. The first-order chi connectivity index (χ1) is 15.8. The van der Waals surface area contributed by atoms with Crippen molar-refractivity contribution < 1.29 is 34.2 Å². The van der Waals surface area contributed by atoms with E-state index in [0.717, 1.165) is 0 Å². The van der Waals surface area contributed by atoms with Gasteiger partial charge in [-0.05, 0) is 45.1 Å². The largest absolute Gasteiger partial charge is 0.480 e. The maximum Gasteiger partial charge on any atom is 0.328 e. The minimum atomic E-state index is -1.63. The highest BCUT2D eigenvalue weighted by molar-refractivity contribution is 5.94. The van der Waals surface area contributed by atoms with Gasteiger partial charge < -0.3 is 43.4 Å². The Morgan fingerprint density at radius 3 is 1.88 bits per heavy atom. The third-order valence-corrected chi connectivity index (χ3v) is 5.50. The van der Waals surface area contributed by atoms with Gasteiger partial charge in [-0.1, -0.05) is 20.3 Å². The summed E-state index contributed by atoms with van der Waals surface area (Å²) in [4.78, 5) is 60.7. The Kier molecular flexibility index (Phi) is 14.7. The van der Waals surface area contributed by atoms with Gasteiger partial charge in [-0.3, -0.25) is 19.2 Å². The Bertz CT molecular complexity index is 703. The van der Waals surface area contributed by atoms with Crippen molar-refractivity contribution >= 4 is 29.6 Å². The maximum absolute atomic E-state index is 13.0. The van der Waals surface area contributed by atoms with E-state index >= 15 is 0 Å². The van der Waals surface area contributed by atoms with E-state index in [-0.39, 0.29) is 25.2 Å². The van der Waals surface area contributed by atoms with Gasteiger partial charge in [0.25, 0.3) is 0 Å². The highest BCUT2D eigenvalue weighted by Crippen LogP contribution is 2.09. The third kappa shape index (κ3) is 11.4. The summed E-state index contributed by atoms with van der Waals surface area (Å²) in [5.41, 5.74) is 16.6. The van der Waals surface area contributed by atoms with Gasteiger partial charge in [0, 0.05) is 6.42 Å². The molecule has 0 rings (SSSR count). The van der Waals surface area contributed by atoms with E-state index in [0.29, 0.717) is 25.8 Å². The molecule has 196 valence electrons. The van der Waals surface area contributed by atoms with Crippen LogP contribution in [0.1, 0.15) is 59.3 Å². The van der Waals surface area contributed by atoms with E-state index in [2.05, 4.69) is 16.0 Å². The van der Waals surface area contributed by atoms with E-state index in [1.807, 2.05) is 6.92 Å². The summed E-state index contributed by atoms with van der Waals surface area (Å²) in [6.07, 6.45) is 0.0771. The molecule has 0 aromatic heterocycles. The number of unbranched alkanes of at least 4 members (excludes halogenated alkanes) is 1. The fraction of sp³-hybridized carbons (Fsp3) is 0.762. The zero-order chi connectivity index (χ0) is 26.4. The molecule has 13 heteroatoms. The van der Waals surface area contributed by atoms with Gasteiger partial charge in [0.1, 0.15) is 12.1 Å². The lowest BCUT2D eigenvalue weighted by atomic mass is 9.98. The van der Waals surface area contributed by atoms with Crippen LogP contribution < -0.4 is 33.2 Å². The molecule has 0 saturated heterocycles. The molecule has 4 amide bonds. The number of carbonyl (C=O) groups is 5. The molecular formula is C21H40N6O7. The van der Waals surface area contributed by atoms with Crippen molar-refractivity contribution in [3.63, 3.8) is 0 Å². The summed E-state index contributed by atoms with van der Waals surface area (Å²) in [6.45, 7) is 5.25. The van der Waals surface area contributed by atoms with Gasteiger partial charge in [-0.25, -0.2) is 4.79 Å². The summed E-state index contributed by atoms with van der Waals surface area (Å²) >= 11 is 0. The van der Waals surface area contributed by atoms with Gasteiger partial charge >= 0.3 is 5.97 Å². The van der Waals surface area contributed by atoms with Crippen molar-refractivity contribution in [3.8, 4) is 0 Å². The molecule has 11 N–H and O–H groups in total. The number of aliphatic hydroxyl groups excluding tert-OH is 1. The molecule has 0 heterocycles. The van der Waals surface area contributed by atoms with E-state index in [1.54, 1.807) is 6.92 Å². The second-order valence-electron chi connectivity index (χ2n) is 8.39. The highest BCUT2D eigenvalue weighted by Gasteiger charge is 2.32. The number of hydrogen-bond donors (Lipinski definition) is 8. The Balaban J connectivity index is 5.60. The van der Waals surface area contributed by atoms with E-state index in [9.17, 15) is 34.2 Å². The van der Waals surface area contributed by atoms with Gasteiger partial charge in [0.05, 0.1) is 12.1 Å². The Labute approximate surface area is 199 Å². The van der Waals surface area contributed by atoms with Crippen molar-refractivity contribution in [1.82, 2.24) is 16.0 Å². The number of primary amides is 1. The van der Waals surface area contributed by atoms with E-state index < -0.39 is 59.9 Å². The van der Waals surface area contributed by atoms with Crippen LogP contribution in [0.4, 0.5) is 0 Å². The number of amides is 4. The summed E-state index contributed by atoms with van der Waals surface area (Å²) in [7, 11) is 0. The molecule has 0 aromatic carbocycles. The van der Waals surface area contributed by atoms with Crippen molar-refractivity contribution in [2.75, 3.05) is 6.54 Å². The van der Waals surface area contributed by atoms with Crippen molar-refractivity contribution in [1.29, 1.82) is 0 Å². The average Bonchev–Trinajstić information content (AvgIpc) is 2.77. The predicted octanol–water partition coefficient (Wildman–Crippen LogP) is -2.33. The fourth-order valence-electron chi connectivity index (χ4n) is 3.01. The molecule has 0 aliphatic carbocycles. The van der Waals surface area contributed by atoms with Crippen LogP contribution >= 0.6 is 0 Å². The van der Waals surface area contributed by atoms with Crippen LogP contribution in [0.3, 0.4) is 0 Å². The van der Waals surface area contributed by atoms with Crippen LogP contribution in [-0.2, 0) is 24.0 Å². The first-order valence-corrected chi connectivity index (χ1v) is 11.4. The molecule has 0 fully saturated rings. The van der Waals surface area contributed by atoms with Gasteiger partial charge in [0.15, 0.2) is 6.04 Å². The highest BCUT2D eigenvalue weighted by atomic mass is 16.4. The third-order valence-electron chi connectivity index (χ3n) is 5.50. The number of aliphatic carboxylic acids is 1. The second-order valence-corrected chi connectivity index (χ2v) is 8.39. The zero-order valence-corrected chi connectivity index (χ0v) is 20.1. The standard InChI is InChI=1S/C21H40N6O7/c1-4-11(2)16(24)20(32)26-13(7-5-6-10-22)18(30)25-14(8-9-15(23)29)19(31)27-17(12(3)28)21(33)34/h11-14,16-17,28H,4-10,22,24H2,1-3H3,(H2,23,29)(H,25,30)(H,26,32)(H,27,31)(H,33,34). The van der Waals surface area contributed by atoms with Gasteiger partial charge in [-0.2, -0.15) is 0 Å². The van der Waals surface area contributed by atoms with Crippen LogP contribution in [0.15, 0.2) is 0 Å². The number of hydrogen-bond acceptors (Lipinski definition) is 8. The van der Waals surface area contributed by atoms with Crippen LogP contribution in [-0.4, -0.2) is 76.6 Å². The maximum atomic E-state index is 13.0. The summed E-state index contributed by atoms with van der Waals surface area (Å²) < 4.78 is 0. The monoisotopic (exact) mass is 488 g/mol. The summed E-state index contributed by atoms with van der Waals surface area (Å²) in [6, 6.07) is -4.84. The topological polar surface area (TPSA) is 240 Å². The molecule has 13 nitrogen and oxygen atoms in total. The average molecular weight is 489 g/mol. The molecule has 0 spiro atoms. The number of aliphatic hydroxyl groups is 1. The molecule has 0 aliphatic rings. The second kappa shape index (κ2) is 16.0. The zero-order valence-electron chi connectivity index (χ0n) is 20.1. The fourth-order valence-corrected chi connectivity index (χ4v) is 3.01. The van der Waals surface area contributed by atoms with Crippen molar-refractivity contribution in [2.24, 2.45) is 23.1 Å². The van der Waals surface area contributed by atoms with Crippen molar-refractivity contribution in [3.05, 3.63) is 0 Å². The van der Waals surface area contributed by atoms with Gasteiger partial charge in [-0.15, -0.1) is 0 Å². The SMILES string of the molecule is CCC(C)C(N)C(=O)NC(CCCCN)C(=O)NC(CCC(N)=O)C(=O)NC(C(=O)O)C(C)O. The minimum Gasteiger partial charge on any atom is -0.480 e. The van der Waals surface area contributed by atoms with Crippen LogP contribution in [0.5, 0.6) is 0 Å². The van der Waals surface area contributed by atoms with Crippen LogP contribution in [0.25, 0.3) is 0 Å². The molecule has 0 bridgehead atoms. The molecule has 0 saturated carbocycles. The Hall–Kier alpha value is -2.77. The molecule has 6 atom stereocenters. The molecule has 0 radical (unpaired) electrons. The van der Waals surface area contributed by atoms with Crippen molar-refractivity contribution in [2.45, 2.75) is 89.6 Å². The molecule has 0 aliphatic heterocycles. The number of carboxylic acids is 1. The van der Waals surface area contributed by atoms with Crippen LogP contribution in [0.2, 0.25) is 0 Å². The smallest absolute Gasteiger partial charge is 0.328 e. The Morgan fingerprint density at radius 1 is 0.882 bits per heavy atom. The summed E-state index contributed by atoms with van der Waals surface area (Å²) in [5, 5.41) is 26.0. The quantitative estimate of drug-likeness (QED) is 0.102. The lowest BCUT2D eigenvalue weighted by Gasteiger charge is -2.26. The lowest BCUT2D eigenvalue weighted by molar-refractivity contribution is -0.145. The normalized spacial score (nSPS) is 16.3. The molecule has 34 heavy (non-hydrogen) atoms. The van der Waals surface area contributed by atoms with Crippen LogP contribution in [0, 0.1) is 5.92 Å². The molecular weight excluding hydrogens is 448 g/mol. The lowest BCUT2D eigenvalue weighted by Crippen LogP contribution is -2.58. The number of carbonyl (C=O) groups excluding carboxylic acids is 4. The first-order valence-electron chi connectivity index (χ1n) is 11.4. The van der Waals surface area contributed by atoms with E-state index in [4.69, 9.17) is 17.2 Å².